The van der Waals surface area contributed by atoms with E-state index in [0.29, 0.717) is 0 Å². The molecule has 3 N–H and O–H groups in total. The van der Waals surface area contributed by atoms with Gasteiger partial charge in [0.1, 0.15) is 0 Å². The molecule has 10 heteroatoms. The van der Waals surface area contributed by atoms with E-state index < -0.39 is 29.2 Å². The summed E-state index contributed by atoms with van der Waals surface area (Å²) in [4.78, 5) is 0. The highest BCUT2D eigenvalue weighted by molar-refractivity contribution is 7.87. The quantitative estimate of drug-likeness (QED) is 0.742. The summed E-state index contributed by atoms with van der Waals surface area (Å²) in [5, 5.41) is 0. The van der Waals surface area contributed by atoms with Crippen molar-refractivity contribution in [1.82, 2.24) is 9.03 Å². The Morgan fingerprint density at radius 2 is 1.84 bits per heavy atom. The number of nitrogens with zero attached hydrogens (tertiary/aromatic N) is 1. The molecule has 0 aromatic carbocycles. The highest BCUT2D eigenvalue weighted by atomic mass is 35.5. The van der Waals surface area contributed by atoms with Crippen LogP contribution in [0.5, 0.6) is 0 Å². The Balaban J connectivity index is 0.00000324. The van der Waals surface area contributed by atoms with Gasteiger partial charge in [0.2, 0.25) is 0 Å². The van der Waals surface area contributed by atoms with Crippen molar-refractivity contribution < 1.29 is 21.9 Å². The maximum absolute atomic E-state index is 12.9. The minimum absolute atomic E-state index is 0. The molecule has 6 nitrogen and oxygen atoms in total. The Hall–Kier alpha value is -0.0600. The van der Waals surface area contributed by atoms with E-state index in [1.165, 1.54) is 0 Å². The van der Waals surface area contributed by atoms with Crippen LogP contribution in [0.2, 0.25) is 0 Å². The first kappa shape index (κ1) is 18.9. The molecule has 19 heavy (non-hydrogen) atoms. The fraction of sp³-hybridized carbons (Fsp3) is 1.00. The standard InChI is InChI=1S/C9H19F2N3O3S.ClH/c1-7-3-14(4-8(2)17-7)18(15,16)13-6-9(10,11)5-12;/h7-8,13H,3-6,12H2,1-2H3;1H. The third kappa shape index (κ3) is 5.84. The lowest BCUT2D eigenvalue weighted by molar-refractivity contribution is -0.0447. The number of alkyl halides is 2. The first-order valence-corrected chi connectivity index (χ1v) is 7.08. The lowest BCUT2D eigenvalue weighted by Gasteiger charge is -2.34. The van der Waals surface area contributed by atoms with Gasteiger partial charge in [-0.15, -0.1) is 12.4 Å². The number of halogens is 3. The smallest absolute Gasteiger partial charge is 0.279 e. The SMILES string of the molecule is CC1CN(S(=O)(=O)NCC(F)(F)CN)CC(C)O1.Cl. The van der Waals surface area contributed by atoms with Gasteiger partial charge in [-0.2, -0.15) is 17.4 Å². The topological polar surface area (TPSA) is 84.7 Å². The normalized spacial score (nSPS) is 25.9. The number of ether oxygens (including phenoxy) is 1. The second-order valence-electron chi connectivity index (χ2n) is 4.46. The molecule has 2 unspecified atom stereocenters. The van der Waals surface area contributed by atoms with Gasteiger partial charge in [0.05, 0.1) is 25.3 Å². The molecule has 1 fully saturated rings. The number of nitrogens with two attached hydrogens (primary N) is 1. The number of nitrogens with one attached hydrogen (secondary N) is 1. The molecule has 0 aromatic heterocycles. The minimum Gasteiger partial charge on any atom is -0.373 e. The maximum atomic E-state index is 12.9. The molecule has 116 valence electrons. The van der Waals surface area contributed by atoms with Crippen LogP contribution in [0.15, 0.2) is 0 Å². The zero-order valence-electron chi connectivity index (χ0n) is 10.8. The molecule has 1 heterocycles. The van der Waals surface area contributed by atoms with Gasteiger partial charge in [-0.25, -0.2) is 8.78 Å². The number of hydrogen-bond donors (Lipinski definition) is 2. The molecular formula is C9H20ClF2N3O3S. The molecule has 0 saturated carbocycles. The first-order chi connectivity index (χ1) is 8.16. The average molecular weight is 324 g/mol. The minimum atomic E-state index is -3.92. The molecule has 1 aliphatic heterocycles. The van der Waals surface area contributed by atoms with E-state index >= 15 is 0 Å². The average Bonchev–Trinajstić information content (AvgIpc) is 2.25. The monoisotopic (exact) mass is 323 g/mol. The van der Waals surface area contributed by atoms with Gasteiger partial charge in [0.15, 0.2) is 0 Å². The highest BCUT2D eigenvalue weighted by Gasteiger charge is 2.34. The van der Waals surface area contributed by atoms with Crippen molar-refractivity contribution in [3.8, 4) is 0 Å². The summed E-state index contributed by atoms with van der Waals surface area (Å²) in [6.07, 6.45) is -0.527. The van der Waals surface area contributed by atoms with E-state index in [0.717, 1.165) is 4.31 Å². The van der Waals surface area contributed by atoms with Crippen molar-refractivity contribution >= 4 is 22.6 Å². The molecule has 0 aliphatic carbocycles. The first-order valence-electron chi connectivity index (χ1n) is 5.64. The number of rotatable bonds is 5. The molecule has 0 spiro atoms. The molecule has 0 amide bonds. The summed E-state index contributed by atoms with van der Waals surface area (Å²) in [5.41, 5.74) is 4.84. The Kier molecular flexibility index (Phi) is 7.07. The van der Waals surface area contributed by atoms with Crippen molar-refractivity contribution in [2.75, 3.05) is 26.2 Å². The van der Waals surface area contributed by atoms with Crippen LogP contribution in [-0.2, 0) is 14.9 Å². The van der Waals surface area contributed by atoms with E-state index in [4.69, 9.17) is 10.5 Å². The van der Waals surface area contributed by atoms with E-state index in [2.05, 4.69) is 0 Å². The molecule has 0 radical (unpaired) electrons. The molecule has 0 bridgehead atoms. The Morgan fingerprint density at radius 1 is 1.37 bits per heavy atom. The summed E-state index contributed by atoms with van der Waals surface area (Å²) in [5.74, 6) is -3.24. The Morgan fingerprint density at radius 3 is 2.26 bits per heavy atom. The van der Waals surface area contributed by atoms with Gasteiger partial charge in [-0.1, -0.05) is 0 Å². The van der Waals surface area contributed by atoms with Crippen molar-refractivity contribution in [1.29, 1.82) is 0 Å². The van der Waals surface area contributed by atoms with Gasteiger partial charge in [0, 0.05) is 13.1 Å². The zero-order valence-corrected chi connectivity index (χ0v) is 12.4. The van der Waals surface area contributed by atoms with E-state index in [9.17, 15) is 17.2 Å². The van der Waals surface area contributed by atoms with Gasteiger partial charge in [-0.05, 0) is 13.8 Å². The summed E-state index contributed by atoms with van der Waals surface area (Å²) in [7, 11) is -3.92. The van der Waals surface area contributed by atoms with Crippen LogP contribution in [-0.4, -0.2) is 57.0 Å². The zero-order chi connectivity index (χ0) is 14.0. The number of hydrogen-bond acceptors (Lipinski definition) is 4. The molecule has 1 rings (SSSR count). The van der Waals surface area contributed by atoms with E-state index in [1.54, 1.807) is 13.8 Å². The Bertz CT molecular complexity index is 373. The second kappa shape index (κ2) is 7.09. The predicted octanol–water partition coefficient (Wildman–Crippen LogP) is -0.0542. The van der Waals surface area contributed by atoms with Crippen LogP contribution in [0, 0.1) is 0 Å². The van der Waals surface area contributed by atoms with Gasteiger partial charge < -0.3 is 10.5 Å². The van der Waals surface area contributed by atoms with Crippen LogP contribution in [0.3, 0.4) is 0 Å². The second-order valence-corrected chi connectivity index (χ2v) is 6.22. The molecular weight excluding hydrogens is 304 g/mol. The van der Waals surface area contributed by atoms with Gasteiger partial charge in [0.25, 0.3) is 16.1 Å². The lowest BCUT2D eigenvalue weighted by Crippen LogP contribution is -2.54. The summed E-state index contributed by atoms with van der Waals surface area (Å²) < 4.78 is 57.8. The van der Waals surface area contributed by atoms with Crippen LogP contribution in [0.4, 0.5) is 8.78 Å². The third-order valence-electron chi connectivity index (χ3n) is 2.54. The van der Waals surface area contributed by atoms with Crippen LogP contribution in [0.1, 0.15) is 13.8 Å². The highest BCUT2D eigenvalue weighted by Crippen LogP contribution is 2.15. The summed E-state index contributed by atoms with van der Waals surface area (Å²) in [6.45, 7) is 1.86. The molecule has 1 aliphatic rings. The van der Waals surface area contributed by atoms with Gasteiger partial charge in [-0.3, -0.25) is 0 Å². The fourth-order valence-electron chi connectivity index (χ4n) is 1.69. The van der Waals surface area contributed by atoms with Crippen LogP contribution < -0.4 is 10.5 Å². The van der Waals surface area contributed by atoms with Crippen LogP contribution in [0.25, 0.3) is 0 Å². The largest absolute Gasteiger partial charge is 0.373 e. The summed E-state index contributed by atoms with van der Waals surface area (Å²) in [6, 6.07) is 0. The Labute approximate surface area is 118 Å². The van der Waals surface area contributed by atoms with Crippen molar-refractivity contribution in [2.24, 2.45) is 5.73 Å². The maximum Gasteiger partial charge on any atom is 0.279 e. The lowest BCUT2D eigenvalue weighted by atomic mass is 10.3. The van der Waals surface area contributed by atoms with Crippen LogP contribution >= 0.6 is 12.4 Å². The predicted molar refractivity (Wildman–Crippen MR) is 69.8 cm³/mol. The fourth-order valence-corrected chi connectivity index (χ4v) is 3.08. The van der Waals surface area contributed by atoms with Gasteiger partial charge >= 0.3 is 0 Å². The van der Waals surface area contributed by atoms with E-state index in [-0.39, 0.29) is 37.7 Å². The van der Waals surface area contributed by atoms with E-state index in [1.807, 2.05) is 4.72 Å². The third-order valence-corrected chi connectivity index (χ3v) is 4.02. The van der Waals surface area contributed by atoms with Crippen molar-refractivity contribution in [3.63, 3.8) is 0 Å². The summed E-state index contributed by atoms with van der Waals surface area (Å²) >= 11 is 0. The molecule has 1 saturated heterocycles. The van der Waals surface area contributed by atoms with Crippen molar-refractivity contribution in [2.45, 2.75) is 32.0 Å². The van der Waals surface area contributed by atoms with Crippen molar-refractivity contribution in [3.05, 3.63) is 0 Å². The molecule has 2 atom stereocenters. The number of morpholine rings is 1. The molecule has 0 aromatic rings.